The van der Waals surface area contributed by atoms with Gasteiger partial charge in [0.2, 0.25) is 0 Å². The molecule has 0 amide bonds. The summed E-state index contributed by atoms with van der Waals surface area (Å²) < 4.78 is 30.7. The zero-order valence-electron chi connectivity index (χ0n) is 17.7. The Morgan fingerprint density at radius 2 is 1.88 bits per heavy atom. The van der Waals surface area contributed by atoms with Gasteiger partial charge in [-0.3, -0.25) is 10.1 Å². The summed E-state index contributed by atoms with van der Waals surface area (Å²) in [5.41, 5.74) is 2.05. The molecule has 7 nitrogen and oxygen atoms in total. The van der Waals surface area contributed by atoms with Gasteiger partial charge in [-0.25, -0.2) is 0 Å². The van der Waals surface area contributed by atoms with Crippen molar-refractivity contribution >= 4 is 40.0 Å². The van der Waals surface area contributed by atoms with Crippen LogP contribution in [0, 0.1) is 24.0 Å². The molecule has 33 heavy (non-hydrogen) atoms. The van der Waals surface area contributed by atoms with Crippen molar-refractivity contribution in [3.63, 3.8) is 0 Å². The van der Waals surface area contributed by atoms with Crippen LogP contribution in [0.3, 0.4) is 0 Å². The molecular formula is C23H20F2N3O4S+. The topological polar surface area (TPSA) is 88.5 Å². The van der Waals surface area contributed by atoms with Gasteiger partial charge in [0, 0.05) is 34.5 Å². The highest BCUT2D eigenvalue weighted by molar-refractivity contribution is 7.81. The van der Waals surface area contributed by atoms with Gasteiger partial charge in [0.25, 0.3) is 11.4 Å². The second-order valence-electron chi connectivity index (χ2n) is 7.10. The zero-order chi connectivity index (χ0) is 24.1. The number of thiocarbonyl (C=S) groups is 1. The lowest BCUT2D eigenvalue weighted by molar-refractivity contribution is -0.576. The van der Waals surface area contributed by atoms with Gasteiger partial charge in [0.1, 0.15) is 5.75 Å². The molecule has 170 valence electrons. The van der Waals surface area contributed by atoms with Crippen molar-refractivity contribution in [3.8, 4) is 5.75 Å². The lowest BCUT2D eigenvalue weighted by Crippen LogP contribution is -2.38. The van der Waals surface area contributed by atoms with Crippen LogP contribution >= 0.6 is 12.2 Å². The first-order valence-electron chi connectivity index (χ1n) is 9.69. The number of aliphatic hydroxyl groups is 1. The van der Waals surface area contributed by atoms with Crippen LogP contribution in [0.5, 0.6) is 5.75 Å². The van der Waals surface area contributed by atoms with Gasteiger partial charge in [-0.05, 0) is 44.2 Å². The van der Waals surface area contributed by atoms with Crippen LogP contribution in [0.1, 0.15) is 16.7 Å². The average molecular weight is 472 g/mol. The predicted molar refractivity (Wildman–Crippen MR) is 124 cm³/mol. The molecule has 0 aliphatic rings. The van der Waals surface area contributed by atoms with Gasteiger partial charge >= 0.3 is 6.61 Å². The van der Waals surface area contributed by atoms with Gasteiger partial charge in [-0.15, -0.1) is 0 Å². The quantitative estimate of drug-likeness (QED) is 0.119. The maximum atomic E-state index is 12.4. The average Bonchev–Trinajstić information content (AvgIpc) is 2.75. The molecule has 2 aromatic carbocycles. The van der Waals surface area contributed by atoms with Gasteiger partial charge in [0.15, 0.2) is 23.1 Å². The molecule has 0 aliphatic carbocycles. The van der Waals surface area contributed by atoms with Crippen LogP contribution in [-0.2, 0) is 0 Å². The van der Waals surface area contributed by atoms with E-state index in [0.29, 0.717) is 11.3 Å². The Morgan fingerprint density at radius 1 is 1.18 bits per heavy atom. The summed E-state index contributed by atoms with van der Waals surface area (Å²) in [6.07, 6.45) is 3.41. The Kier molecular flexibility index (Phi) is 7.29. The molecule has 3 rings (SSSR count). The summed E-state index contributed by atoms with van der Waals surface area (Å²) in [6.45, 7) is 0.528. The maximum Gasteiger partial charge on any atom is 0.387 e. The smallest absolute Gasteiger partial charge is 0.387 e. The van der Waals surface area contributed by atoms with Crippen LogP contribution in [-0.4, -0.2) is 21.6 Å². The van der Waals surface area contributed by atoms with Crippen LogP contribution in [0.15, 0.2) is 67.0 Å². The number of nitrogens with one attached hydrogen (secondary N) is 1. The standard InChI is InChI=1S/C23H19F2N3O4S/c1-14-4-3-11-27(13-14)20(21(29)16-6-5-15(2)19(12-16)28(30)31)22(33)26-17-7-9-18(10-8-17)32-23(24)25/h3-13,23H,1-2H3,(H-,26,29,33)/p+1. The van der Waals surface area contributed by atoms with Crippen molar-refractivity contribution in [1.82, 2.24) is 0 Å². The first kappa shape index (κ1) is 23.7. The Bertz CT molecular complexity index is 1230. The summed E-state index contributed by atoms with van der Waals surface area (Å²) in [5.74, 6) is -0.288. The lowest BCUT2D eigenvalue weighted by Gasteiger charge is -2.11. The molecule has 0 saturated heterocycles. The van der Waals surface area contributed by atoms with Gasteiger partial charge in [0.05, 0.1) is 4.92 Å². The fourth-order valence-corrected chi connectivity index (χ4v) is 3.40. The second kappa shape index (κ2) is 10.1. The minimum absolute atomic E-state index is 0.0138. The van der Waals surface area contributed by atoms with E-state index in [0.717, 1.165) is 5.56 Å². The number of halogens is 2. The predicted octanol–water partition coefficient (Wildman–Crippen LogP) is 5.42. The molecule has 0 saturated carbocycles. The Hall–Kier alpha value is -3.92. The molecule has 0 aliphatic heterocycles. The molecule has 0 radical (unpaired) electrons. The molecule has 1 heterocycles. The number of aromatic nitrogens is 1. The third-order valence-electron chi connectivity index (χ3n) is 4.66. The summed E-state index contributed by atoms with van der Waals surface area (Å²) >= 11 is 5.54. The number of anilines is 1. The highest BCUT2D eigenvalue weighted by Crippen LogP contribution is 2.26. The number of nitro groups is 1. The van der Waals surface area contributed by atoms with E-state index in [4.69, 9.17) is 12.2 Å². The first-order chi connectivity index (χ1) is 15.7. The van der Waals surface area contributed by atoms with Gasteiger partial charge < -0.3 is 15.2 Å². The van der Waals surface area contributed by atoms with Crippen molar-refractivity contribution in [2.75, 3.05) is 5.32 Å². The number of aryl methyl sites for hydroxylation is 2. The number of nitro benzene ring substituents is 1. The molecule has 0 spiro atoms. The molecule has 3 aromatic rings. The Labute approximate surface area is 193 Å². The third kappa shape index (κ3) is 5.86. The summed E-state index contributed by atoms with van der Waals surface area (Å²) in [4.78, 5) is 10.9. The zero-order valence-corrected chi connectivity index (χ0v) is 18.5. The largest absolute Gasteiger partial charge is 0.502 e. The minimum atomic E-state index is -2.94. The maximum absolute atomic E-state index is 12.4. The van der Waals surface area contributed by atoms with Crippen molar-refractivity contribution in [3.05, 3.63) is 93.8 Å². The normalized spacial score (nSPS) is 11.7. The monoisotopic (exact) mass is 472 g/mol. The van der Waals surface area contributed by atoms with E-state index in [1.165, 1.54) is 30.3 Å². The molecule has 0 fully saturated rings. The van der Waals surface area contributed by atoms with E-state index in [9.17, 15) is 24.0 Å². The lowest BCUT2D eigenvalue weighted by atomic mass is 10.1. The van der Waals surface area contributed by atoms with E-state index in [-0.39, 0.29) is 33.4 Å². The molecule has 0 bridgehead atoms. The second-order valence-corrected chi connectivity index (χ2v) is 7.51. The number of aliphatic hydroxyl groups excluding tert-OH is 1. The van der Waals surface area contributed by atoms with Crippen LogP contribution < -0.4 is 14.6 Å². The first-order valence-corrected chi connectivity index (χ1v) is 10.1. The SMILES string of the molecule is Cc1ccc[n+](/C(C(=S)Nc2ccc(OC(F)F)cc2)=C(/O)c2ccc(C)c([N+](=O)[O-])c2)c1. The summed E-state index contributed by atoms with van der Waals surface area (Å²) in [7, 11) is 0. The number of hydrogen-bond acceptors (Lipinski definition) is 5. The number of benzene rings is 2. The van der Waals surface area contributed by atoms with Crippen molar-refractivity contribution in [2.45, 2.75) is 20.5 Å². The molecule has 1 aromatic heterocycles. The van der Waals surface area contributed by atoms with E-state index in [1.807, 2.05) is 13.0 Å². The van der Waals surface area contributed by atoms with E-state index >= 15 is 0 Å². The number of rotatable bonds is 7. The highest BCUT2D eigenvalue weighted by Gasteiger charge is 2.25. The van der Waals surface area contributed by atoms with E-state index < -0.39 is 11.5 Å². The van der Waals surface area contributed by atoms with Gasteiger partial charge in [-0.1, -0.05) is 24.4 Å². The Balaban J connectivity index is 2.04. The number of ether oxygens (including phenoxy) is 1. The van der Waals surface area contributed by atoms with E-state index in [2.05, 4.69) is 10.1 Å². The summed E-state index contributed by atoms with van der Waals surface area (Å²) in [6, 6.07) is 13.7. The van der Waals surface area contributed by atoms with E-state index in [1.54, 1.807) is 42.1 Å². The highest BCUT2D eigenvalue weighted by atomic mass is 32.1. The molecular weight excluding hydrogens is 452 g/mol. The van der Waals surface area contributed by atoms with Crippen LogP contribution in [0.25, 0.3) is 11.5 Å². The third-order valence-corrected chi connectivity index (χ3v) is 4.96. The number of hydrogen-bond donors (Lipinski definition) is 2. The van der Waals surface area contributed by atoms with Crippen LogP contribution in [0.4, 0.5) is 20.2 Å². The van der Waals surface area contributed by atoms with Crippen molar-refractivity contribution < 1.29 is 28.1 Å². The van der Waals surface area contributed by atoms with Crippen molar-refractivity contribution in [1.29, 1.82) is 0 Å². The van der Waals surface area contributed by atoms with Gasteiger partial charge in [-0.2, -0.15) is 13.3 Å². The molecule has 2 N–H and O–H groups in total. The Morgan fingerprint density at radius 3 is 2.48 bits per heavy atom. The molecule has 0 atom stereocenters. The summed E-state index contributed by atoms with van der Waals surface area (Å²) in [5, 5.41) is 25.4. The fraction of sp³-hybridized carbons (Fsp3) is 0.130. The molecule has 0 unspecified atom stereocenters. The fourth-order valence-electron chi connectivity index (χ4n) is 3.08. The number of nitrogens with zero attached hydrogens (tertiary/aromatic N) is 2. The number of alkyl halides is 2. The minimum Gasteiger partial charge on any atom is -0.502 e. The van der Waals surface area contributed by atoms with Crippen LogP contribution in [0.2, 0.25) is 0 Å². The number of pyridine rings is 1. The van der Waals surface area contributed by atoms with Crippen molar-refractivity contribution in [2.24, 2.45) is 0 Å². The molecule has 10 heteroatoms.